The van der Waals surface area contributed by atoms with Crippen molar-refractivity contribution in [3.8, 4) is 5.88 Å². The second-order valence-corrected chi connectivity index (χ2v) is 3.50. The maximum absolute atomic E-state index is 11.6. The summed E-state index contributed by atoms with van der Waals surface area (Å²) in [7, 11) is 0. The van der Waals surface area contributed by atoms with Crippen LogP contribution in [0.2, 0.25) is 0 Å². The maximum Gasteiger partial charge on any atom is 0.358 e. The Kier molecular flexibility index (Phi) is 2.68. The van der Waals surface area contributed by atoms with Gasteiger partial charge >= 0.3 is 5.97 Å². The van der Waals surface area contributed by atoms with Crippen LogP contribution in [-0.2, 0) is 0 Å². The van der Waals surface area contributed by atoms with Crippen LogP contribution >= 0.6 is 11.5 Å². The monoisotopic (exact) mass is 221 g/mol. The van der Waals surface area contributed by atoms with Gasteiger partial charge in [0.15, 0.2) is 4.88 Å². The van der Waals surface area contributed by atoms with Crippen LogP contribution < -0.4 is 4.74 Å². The fourth-order valence-corrected chi connectivity index (χ4v) is 1.50. The van der Waals surface area contributed by atoms with Gasteiger partial charge in [0.05, 0.1) is 5.69 Å². The number of hydrogen-bond acceptors (Lipinski definition) is 6. The second-order valence-electron chi connectivity index (χ2n) is 2.74. The zero-order valence-electron chi connectivity index (χ0n) is 7.88. The molecule has 0 spiro atoms. The number of pyridine rings is 1. The number of nitrogens with zero attached hydrogens (tertiary/aromatic N) is 3. The van der Waals surface area contributed by atoms with E-state index in [0.717, 1.165) is 11.5 Å². The van der Waals surface area contributed by atoms with Gasteiger partial charge < -0.3 is 4.74 Å². The summed E-state index contributed by atoms with van der Waals surface area (Å²) in [5.74, 6) is -0.198. The maximum atomic E-state index is 11.6. The minimum absolute atomic E-state index is 0.273. The fourth-order valence-electron chi connectivity index (χ4n) is 0.968. The molecule has 0 aliphatic heterocycles. The summed E-state index contributed by atoms with van der Waals surface area (Å²) in [5.41, 5.74) is 0.570. The van der Waals surface area contributed by atoms with E-state index in [4.69, 9.17) is 4.74 Å². The number of aromatic nitrogens is 3. The molecule has 0 radical (unpaired) electrons. The number of carbonyl (C=O) groups is 1. The molecule has 0 atom stereocenters. The lowest BCUT2D eigenvalue weighted by Gasteiger charge is -1.99. The van der Waals surface area contributed by atoms with Crippen molar-refractivity contribution in [2.75, 3.05) is 0 Å². The number of hydrogen-bond donors (Lipinski definition) is 0. The normalized spacial score (nSPS) is 9.93. The first-order valence-electron chi connectivity index (χ1n) is 4.19. The van der Waals surface area contributed by atoms with Crippen molar-refractivity contribution >= 4 is 17.5 Å². The Morgan fingerprint density at radius 1 is 1.47 bits per heavy atom. The molecule has 76 valence electrons. The van der Waals surface area contributed by atoms with Gasteiger partial charge in [0.1, 0.15) is 0 Å². The molecule has 2 aromatic rings. The molecule has 2 heterocycles. The van der Waals surface area contributed by atoms with E-state index in [9.17, 15) is 4.79 Å². The van der Waals surface area contributed by atoms with Gasteiger partial charge in [0, 0.05) is 12.3 Å². The van der Waals surface area contributed by atoms with E-state index in [0.29, 0.717) is 10.6 Å². The fraction of sp³-hybridized carbons (Fsp3) is 0.111. The van der Waals surface area contributed by atoms with Crippen LogP contribution in [0.4, 0.5) is 0 Å². The first-order chi connectivity index (χ1) is 7.27. The quantitative estimate of drug-likeness (QED) is 0.718. The molecule has 0 fully saturated rings. The molecule has 0 saturated carbocycles. The van der Waals surface area contributed by atoms with E-state index < -0.39 is 5.97 Å². The third kappa shape index (κ3) is 2.16. The minimum atomic E-state index is -0.471. The molecule has 15 heavy (non-hydrogen) atoms. The lowest BCUT2D eigenvalue weighted by atomic mass is 10.4. The third-order valence-corrected chi connectivity index (χ3v) is 2.48. The molecular formula is C9H7N3O2S. The smallest absolute Gasteiger partial charge is 0.358 e. The van der Waals surface area contributed by atoms with Crippen molar-refractivity contribution in [3.05, 3.63) is 35.0 Å². The van der Waals surface area contributed by atoms with E-state index in [-0.39, 0.29) is 5.88 Å². The summed E-state index contributed by atoms with van der Waals surface area (Å²) < 4.78 is 8.67. The Balaban J connectivity index is 2.15. The molecule has 0 aromatic carbocycles. The molecule has 2 rings (SSSR count). The second kappa shape index (κ2) is 4.14. The Labute approximate surface area is 89.9 Å². The van der Waals surface area contributed by atoms with Crippen LogP contribution in [0.15, 0.2) is 24.4 Å². The third-order valence-electron chi connectivity index (χ3n) is 1.67. The van der Waals surface area contributed by atoms with Crippen LogP contribution in [0, 0.1) is 6.92 Å². The first-order valence-corrected chi connectivity index (χ1v) is 4.97. The number of carbonyl (C=O) groups excluding carboxylic acids is 1. The van der Waals surface area contributed by atoms with Crippen molar-refractivity contribution in [3.63, 3.8) is 0 Å². The van der Waals surface area contributed by atoms with Gasteiger partial charge in [-0.1, -0.05) is 10.6 Å². The topological polar surface area (TPSA) is 65.0 Å². The number of rotatable bonds is 2. The van der Waals surface area contributed by atoms with Crippen molar-refractivity contribution in [2.24, 2.45) is 0 Å². The van der Waals surface area contributed by atoms with Crippen molar-refractivity contribution < 1.29 is 9.53 Å². The molecule has 6 heteroatoms. The van der Waals surface area contributed by atoms with Crippen LogP contribution in [0.5, 0.6) is 5.88 Å². The Hall–Kier alpha value is -1.82. The highest BCUT2D eigenvalue weighted by Gasteiger charge is 2.15. The average molecular weight is 221 g/mol. The SMILES string of the molecule is Cc1nnsc1C(=O)Oc1ccccn1. The molecule has 0 unspecified atom stereocenters. The summed E-state index contributed by atoms with van der Waals surface area (Å²) in [6.07, 6.45) is 1.56. The van der Waals surface area contributed by atoms with E-state index in [1.54, 1.807) is 31.3 Å². The lowest BCUT2D eigenvalue weighted by Crippen LogP contribution is -2.08. The van der Waals surface area contributed by atoms with E-state index in [1.807, 2.05) is 0 Å². The van der Waals surface area contributed by atoms with Gasteiger partial charge in [-0.25, -0.2) is 9.78 Å². The van der Waals surface area contributed by atoms with Crippen LogP contribution in [0.1, 0.15) is 15.4 Å². The molecule has 0 aliphatic carbocycles. The number of aryl methyl sites for hydroxylation is 1. The van der Waals surface area contributed by atoms with Gasteiger partial charge in [0.25, 0.3) is 0 Å². The van der Waals surface area contributed by atoms with Crippen LogP contribution in [-0.4, -0.2) is 20.5 Å². The summed E-state index contributed by atoms with van der Waals surface area (Å²) in [6, 6.07) is 5.10. The zero-order chi connectivity index (χ0) is 10.7. The van der Waals surface area contributed by atoms with E-state index in [2.05, 4.69) is 14.6 Å². The predicted molar refractivity (Wildman–Crippen MR) is 53.8 cm³/mol. The molecule has 0 aliphatic rings. The predicted octanol–water partition coefficient (Wildman–Crippen LogP) is 1.46. The number of ether oxygens (including phenoxy) is 1. The number of esters is 1. The molecule has 0 amide bonds. The molecule has 0 saturated heterocycles. The summed E-state index contributed by atoms with van der Waals surface area (Å²) in [6.45, 7) is 1.71. The van der Waals surface area contributed by atoms with Crippen LogP contribution in [0.25, 0.3) is 0 Å². The lowest BCUT2D eigenvalue weighted by molar-refractivity contribution is 0.0731. The van der Waals surface area contributed by atoms with Gasteiger partial charge in [-0.15, -0.1) is 5.10 Å². The van der Waals surface area contributed by atoms with Gasteiger partial charge in [-0.2, -0.15) is 0 Å². The minimum Gasteiger partial charge on any atom is -0.403 e. The molecule has 0 bridgehead atoms. The van der Waals surface area contributed by atoms with Crippen LogP contribution in [0.3, 0.4) is 0 Å². The Morgan fingerprint density at radius 2 is 2.33 bits per heavy atom. The Morgan fingerprint density at radius 3 is 2.93 bits per heavy atom. The molecule has 5 nitrogen and oxygen atoms in total. The van der Waals surface area contributed by atoms with E-state index in [1.165, 1.54) is 0 Å². The van der Waals surface area contributed by atoms with Crippen molar-refractivity contribution in [1.82, 2.24) is 14.6 Å². The zero-order valence-corrected chi connectivity index (χ0v) is 8.69. The summed E-state index contributed by atoms with van der Waals surface area (Å²) in [4.78, 5) is 15.8. The highest BCUT2D eigenvalue weighted by atomic mass is 32.1. The summed E-state index contributed by atoms with van der Waals surface area (Å²) >= 11 is 1.01. The highest BCUT2D eigenvalue weighted by Crippen LogP contribution is 2.13. The van der Waals surface area contributed by atoms with Crippen molar-refractivity contribution in [2.45, 2.75) is 6.92 Å². The molecule has 0 N–H and O–H groups in total. The van der Waals surface area contributed by atoms with Crippen molar-refractivity contribution in [1.29, 1.82) is 0 Å². The average Bonchev–Trinajstić information content (AvgIpc) is 2.66. The van der Waals surface area contributed by atoms with Gasteiger partial charge in [0.2, 0.25) is 5.88 Å². The molecular weight excluding hydrogens is 214 g/mol. The van der Waals surface area contributed by atoms with Gasteiger partial charge in [-0.05, 0) is 24.5 Å². The standard InChI is InChI=1S/C9H7N3O2S/c1-6-8(15-12-11-6)9(13)14-7-4-2-3-5-10-7/h2-5H,1H3. The highest BCUT2D eigenvalue weighted by molar-refractivity contribution is 7.07. The first kappa shape index (κ1) is 9.72. The molecule has 2 aromatic heterocycles. The van der Waals surface area contributed by atoms with E-state index >= 15 is 0 Å². The van der Waals surface area contributed by atoms with Gasteiger partial charge in [-0.3, -0.25) is 0 Å². The summed E-state index contributed by atoms with van der Waals surface area (Å²) in [5, 5.41) is 3.73. The largest absolute Gasteiger partial charge is 0.403 e. The Bertz CT molecular complexity index is 469.